The maximum atomic E-state index is 9.66. The van der Waals surface area contributed by atoms with Crippen LogP contribution in [0.15, 0.2) is 48.9 Å². The van der Waals surface area contributed by atoms with E-state index in [1.54, 1.807) is 10.9 Å². The van der Waals surface area contributed by atoms with Crippen molar-refractivity contribution in [2.24, 2.45) is 7.05 Å². The molecule has 0 spiro atoms. The molecule has 7 nitrogen and oxygen atoms in total. The van der Waals surface area contributed by atoms with Gasteiger partial charge in [0, 0.05) is 13.2 Å². The van der Waals surface area contributed by atoms with Crippen LogP contribution >= 0.6 is 11.6 Å². The maximum Gasteiger partial charge on any atom is 0.229 e. The molecule has 2 heterocycles. The van der Waals surface area contributed by atoms with Crippen molar-refractivity contribution in [2.45, 2.75) is 6.04 Å². The van der Waals surface area contributed by atoms with Crippen molar-refractivity contribution in [1.29, 1.82) is 0 Å². The highest BCUT2D eigenvalue weighted by atomic mass is 35.5. The SMILES string of the molecule is Cn1cc(Nc2ncc(Cl)c(N[C@@H](CO)c3ccccc3)n2)cn1. The van der Waals surface area contributed by atoms with E-state index in [1.807, 2.05) is 43.6 Å². The van der Waals surface area contributed by atoms with E-state index in [-0.39, 0.29) is 12.6 Å². The Morgan fingerprint density at radius 3 is 2.71 bits per heavy atom. The minimum Gasteiger partial charge on any atom is -0.394 e. The van der Waals surface area contributed by atoms with E-state index >= 15 is 0 Å². The lowest BCUT2D eigenvalue weighted by Gasteiger charge is -2.18. The highest BCUT2D eigenvalue weighted by Crippen LogP contribution is 2.25. The predicted molar refractivity (Wildman–Crippen MR) is 93.4 cm³/mol. The number of aryl methyl sites for hydroxylation is 1. The third-order valence-corrected chi connectivity index (χ3v) is 3.68. The summed E-state index contributed by atoms with van der Waals surface area (Å²) in [7, 11) is 1.83. The Bertz CT molecular complexity index is 807. The van der Waals surface area contributed by atoms with E-state index in [2.05, 4.69) is 25.7 Å². The summed E-state index contributed by atoms with van der Waals surface area (Å²) in [6, 6.07) is 9.29. The molecule has 0 saturated carbocycles. The molecule has 0 fully saturated rings. The number of hydrogen-bond donors (Lipinski definition) is 3. The van der Waals surface area contributed by atoms with Gasteiger partial charge in [-0.1, -0.05) is 41.9 Å². The zero-order chi connectivity index (χ0) is 16.9. The Hall–Kier alpha value is -2.64. The first-order valence-corrected chi connectivity index (χ1v) is 7.74. The summed E-state index contributed by atoms with van der Waals surface area (Å²) in [4.78, 5) is 8.53. The molecule has 0 unspecified atom stereocenters. The van der Waals surface area contributed by atoms with Gasteiger partial charge in [-0.2, -0.15) is 10.1 Å². The first kappa shape index (κ1) is 16.2. The zero-order valence-corrected chi connectivity index (χ0v) is 13.8. The van der Waals surface area contributed by atoms with Crippen LogP contribution in [0.25, 0.3) is 0 Å². The van der Waals surface area contributed by atoms with Gasteiger partial charge in [-0.3, -0.25) is 4.68 Å². The fourth-order valence-electron chi connectivity index (χ4n) is 2.23. The molecule has 8 heteroatoms. The van der Waals surface area contributed by atoms with Gasteiger partial charge in [0.05, 0.1) is 30.7 Å². The number of nitrogens with zero attached hydrogens (tertiary/aromatic N) is 4. The molecule has 0 amide bonds. The Morgan fingerprint density at radius 1 is 1.25 bits per heavy atom. The van der Waals surface area contributed by atoms with Gasteiger partial charge >= 0.3 is 0 Å². The normalized spacial score (nSPS) is 12.0. The number of anilines is 3. The van der Waals surface area contributed by atoms with Gasteiger partial charge in [-0.25, -0.2) is 4.98 Å². The molecule has 0 bridgehead atoms. The second-order valence-electron chi connectivity index (χ2n) is 5.21. The average molecular weight is 345 g/mol. The van der Waals surface area contributed by atoms with E-state index in [0.717, 1.165) is 11.3 Å². The van der Waals surface area contributed by atoms with Crippen molar-refractivity contribution < 1.29 is 5.11 Å². The molecule has 0 radical (unpaired) electrons. The van der Waals surface area contributed by atoms with Gasteiger partial charge in [0.1, 0.15) is 5.02 Å². The standard InChI is InChI=1S/C16H17ClN6O/c1-23-9-12(7-19-23)20-16-18-8-13(17)15(22-16)21-14(10-24)11-5-3-2-4-6-11/h2-9,14,24H,10H2,1H3,(H2,18,20,21,22)/t14-/m0/s1. The average Bonchev–Trinajstić information content (AvgIpc) is 3.01. The largest absolute Gasteiger partial charge is 0.394 e. The highest BCUT2D eigenvalue weighted by molar-refractivity contribution is 6.32. The Morgan fingerprint density at radius 2 is 2.04 bits per heavy atom. The first-order valence-electron chi connectivity index (χ1n) is 7.36. The smallest absolute Gasteiger partial charge is 0.229 e. The van der Waals surface area contributed by atoms with E-state index in [9.17, 15) is 5.11 Å². The molecule has 0 aliphatic rings. The highest BCUT2D eigenvalue weighted by Gasteiger charge is 2.14. The first-order chi connectivity index (χ1) is 11.7. The number of aromatic nitrogens is 4. The molecule has 1 aromatic carbocycles. The molecule has 3 N–H and O–H groups in total. The number of aliphatic hydroxyl groups is 1. The molecule has 3 rings (SSSR count). The second-order valence-corrected chi connectivity index (χ2v) is 5.62. The van der Waals surface area contributed by atoms with Crippen molar-refractivity contribution in [3.63, 3.8) is 0 Å². The molecule has 24 heavy (non-hydrogen) atoms. The minimum atomic E-state index is -0.315. The molecule has 2 aromatic heterocycles. The van der Waals surface area contributed by atoms with Gasteiger partial charge in [0.2, 0.25) is 5.95 Å². The predicted octanol–water partition coefficient (Wildman–Crippen LogP) is 2.75. The fraction of sp³-hybridized carbons (Fsp3) is 0.188. The number of rotatable bonds is 6. The third-order valence-electron chi connectivity index (χ3n) is 3.40. The van der Waals surface area contributed by atoms with Crippen LogP contribution in [0.4, 0.5) is 17.5 Å². The molecular formula is C16H17ClN6O. The second kappa shape index (κ2) is 7.29. The monoisotopic (exact) mass is 344 g/mol. The van der Waals surface area contributed by atoms with Crippen molar-refractivity contribution >= 4 is 29.1 Å². The summed E-state index contributed by atoms with van der Waals surface area (Å²) in [6.07, 6.45) is 4.99. The molecule has 0 saturated heterocycles. The summed E-state index contributed by atoms with van der Waals surface area (Å²) in [5.74, 6) is 0.834. The van der Waals surface area contributed by atoms with E-state index in [4.69, 9.17) is 11.6 Å². The Kier molecular flexibility index (Phi) is 4.93. The van der Waals surface area contributed by atoms with Crippen LogP contribution in [0.2, 0.25) is 5.02 Å². The molecule has 1 atom stereocenters. The van der Waals surface area contributed by atoms with Crippen LogP contribution in [0, 0.1) is 0 Å². The zero-order valence-electron chi connectivity index (χ0n) is 13.0. The van der Waals surface area contributed by atoms with Crippen LogP contribution in [-0.2, 0) is 7.05 Å². The molecule has 3 aromatic rings. The maximum absolute atomic E-state index is 9.66. The van der Waals surface area contributed by atoms with Crippen LogP contribution < -0.4 is 10.6 Å². The summed E-state index contributed by atoms with van der Waals surface area (Å²) in [6.45, 7) is -0.0876. The number of aliphatic hydroxyl groups excluding tert-OH is 1. The summed E-state index contributed by atoms with van der Waals surface area (Å²) in [5, 5.41) is 20.3. The topological polar surface area (TPSA) is 87.9 Å². The van der Waals surface area contributed by atoms with Crippen LogP contribution in [-0.4, -0.2) is 31.5 Å². The minimum absolute atomic E-state index is 0.0876. The molecule has 0 aliphatic heterocycles. The number of benzene rings is 1. The number of hydrogen-bond acceptors (Lipinski definition) is 6. The molecular weight excluding hydrogens is 328 g/mol. The van der Waals surface area contributed by atoms with E-state index in [0.29, 0.717) is 16.8 Å². The fourth-order valence-corrected chi connectivity index (χ4v) is 2.37. The summed E-state index contributed by atoms with van der Waals surface area (Å²) < 4.78 is 1.68. The van der Waals surface area contributed by atoms with Crippen LogP contribution in [0.3, 0.4) is 0 Å². The summed E-state index contributed by atoms with van der Waals surface area (Å²) in [5.41, 5.74) is 1.71. The lowest BCUT2D eigenvalue weighted by molar-refractivity contribution is 0.276. The lowest BCUT2D eigenvalue weighted by atomic mass is 10.1. The van der Waals surface area contributed by atoms with Gasteiger partial charge in [-0.05, 0) is 5.56 Å². The van der Waals surface area contributed by atoms with Crippen molar-refractivity contribution in [1.82, 2.24) is 19.7 Å². The Labute approximate surface area is 144 Å². The van der Waals surface area contributed by atoms with Crippen LogP contribution in [0.5, 0.6) is 0 Å². The van der Waals surface area contributed by atoms with Crippen molar-refractivity contribution in [2.75, 3.05) is 17.2 Å². The summed E-state index contributed by atoms with van der Waals surface area (Å²) >= 11 is 6.18. The lowest BCUT2D eigenvalue weighted by Crippen LogP contribution is -2.16. The quantitative estimate of drug-likeness (QED) is 0.637. The van der Waals surface area contributed by atoms with Crippen molar-refractivity contribution in [3.05, 3.63) is 59.5 Å². The van der Waals surface area contributed by atoms with Gasteiger partial charge in [0.15, 0.2) is 5.82 Å². The van der Waals surface area contributed by atoms with Gasteiger partial charge in [-0.15, -0.1) is 0 Å². The van der Waals surface area contributed by atoms with E-state index in [1.165, 1.54) is 6.20 Å². The van der Waals surface area contributed by atoms with Gasteiger partial charge < -0.3 is 15.7 Å². The van der Waals surface area contributed by atoms with E-state index < -0.39 is 0 Å². The molecule has 0 aliphatic carbocycles. The van der Waals surface area contributed by atoms with Crippen molar-refractivity contribution in [3.8, 4) is 0 Å². The van der Waals surface area contributed by atoms with Crippen LogP contribution in [0.1, 0.15) is 11.6 Å². The van der Waals surface area contributed by atoms with Gasteiger partial charge in [0.25, 0.3) is 0 Å². The number of nitrogens with one attached hydrogen (secondary N) is 2. The number of halogens is 1. The third kappa shape index (κ3) is 3.81. The Balaban J connectivity index is 1.80. The molecule has 124 valence electrons.